The van der Waals surface area contributed by atoms with Gasteiger partial charge >= 0.3 is 0 Å². The number of fused-ring (bicyclic) bond motifs is 4. The lowest BCUT2D eigenvalue weighted by Gasteiger charge is -2.35. The van der Waals surface area contributed by atoms with Gasteiger partial charge in [0.25, 0.3) is 5.91 Å². The van der Waals surface area contributed by atoms with Crippen molar-refractivity contribution in [2.45, 2.75) is 32.2 Å². The Bertz CT molecular complexity index is 802. The van der Waals surface area contributed by atoms with Crippen LogP contribution >= 0.6 is 0 Å². The number of carbonyl (C=O) groups excluding carboxylic acids is 2. The lowest BCUT2D eigenvalue weighted by Crippen LogP contribution is -2.48. The van der Waals surface area contributed by atoms with Crippen LogP contribution in [0.25, 0.3) is 5.69 Å². The van der Waals surface area contributed by atoms with Crippen molar-refractivity contribution >= 4 is 11.8 Å². The second-order valence-electron chi connectivity index (χ2n) is 7.17. The third-order valence-electron chi connectivity index (χ3n) is 5.41. The summed E-state index contributed by atoms with van der Waals surface area (Å²) in [5.41, 5.74) is 1.51. The summed E-state index contributed by atoms with van der Waals surface area (Å²) in [6.07, 6.45) is 6.41. The zero-order chi connectivity index (χ0) is 18.1. The van der Waals surface area contributed by atoms with Gasteiger partial charge in [0.1, 0.15) is 0 Å². The number of aromatic nitrogens is 2. The Morgan fingerprint density at radius 1 is 1.23 bits per heavy atom. The number of rotatable bonds is 4. The third-order valence-corrected chi connectivity index (χ3v) is 5.41. The largest absolute Gasteiger partial charge is 0.338 e. The molecule has 1 aromatic heterocycles. The van der Waals surface area contributed by atoms with E-state index in [0.29, 0.717) is 18.7 Å². The lowest BCUT2D eigenvalue weighted by atomic mass is 9.94. The van der Waals surface area contributed by atoms with Crippen molar-refractivity contribution in [3.8, 4) is 5.69 Å². The SMILES string of the molecule is CCCN1C(=O)[C@@H]2CC[C@H]1CN(C(=O)c1cccc(-n3cccn3)c1)C2. The maximum Gasteiger partial charge on any atom is 0.254 e. The number of benzene rings is 1. The third kappa shape index (κ3) is 3.00. The highest BCUT2D eigenvalue weighted by atomic mass is 16.2. The summed E-state index contributed by atoms with van der Waals surface area (Å²) >= 11 is 0. The molecule has 0 N–H and O–H groups in total. The lowest BCUT2D eigenvalue weighted by molar-refractivity contribution is -0.139. The van der Waals surface area contributed by atoms with Gasteiger partial charge in [-0.1, -0.05) is 13.0 Å². The van der Waals surface area contributed by atoms with Crippen LogP contribution in [0.5, 0.6) is 0 Å². The van der Waals surface area contributed by atoms with Crippen molar-refractivity contribution < 1.29 is 9.59 Å². The molecule has 4 heterocycles. The topological polar surface area (TPSA) is 58.4 Å². The van der Waals surface area contributed by atoms with E-state index in [4.69, 9.17) is 0 Å². The van der Waals surface area contributed by atoms with E-state index in [2.05, 4.69) is 12.0 Å². The van der Waals surface area contributed by atoms with Crippen molar-refractivity contribution in [3.05, 3.63) is 48.3 Å². The van der Waals surface area contributed by atoms with Gasteiger partial charge in [-0.15, -0.1) is 0 Å². The van der Waals surface area contributed by atoms with Crippen LogP contribution in [0.4, 0.5) is 0 Å². The highest BCUT2D eigenvalue weighted by Gasteiger charge is 2.41. The molecule has 0 aliphatic carbocycles. The minimum absolute atomic E-state index is 0.00190. The van der Waals surface area contributed by atoms with Gasteiger partial charge in [-0.05, 0) is 43.5 Å². The van der Waals surface area contributed by atoms with E-state index < -0.39 is 0 Å². The first kappa shape index (κ1) is 16.8. The summed E-state index contributed by atoms with van der Waals surface area (Å²) < 4.78 is 1.75. The maximum atomic E-state index is 13.1. The molecule has 136 valence electrons. The highest BCUT2D eigenvalue weighted by Crippen LogP contribution is 2.30. The van der Waals surface area contributed by atoms with Crippen molar-refractivity contribution in [3.63, 3.8) is 0 Å². The first-order chi connectivity index (χ1) is 12.7. The van der Waals surface area contributed by atoms with Gasteiger partial charge in [0.05, 0.1) is 11.6 Å². The molecule has 0 saturated carbocycles. The van der Waals surface area contributed by atoms with Crippen LogP contribution in [0.15, 0.2) is 42.7 Å². The molecule has 0 spiro atoms. The molecule has 0 radical (unpaired) electrons. The van der Waals surface area contributed by atoms with E-state index in [1.54, 1.807) is 10.9 Å². The number of hydrogen-bond donors (Lipinski definition) is 0. The zero-order valence-electron chi connectivity index (χ0n) is 15.0. The summed E-state index contributed by atoms with van der Waals surface area (Å²) in [5, 5.41) is 4.23. The molecule has 2 aromatic rings. The molecular weight excluding hydrogens is 328 g/mol. The standard InChI is InChI=1S/C20H24N4O2/c1-2-10-23-18-8-7-16(20(23)26)13-22(14-18)19(25)15-5-3-6-17(12-15)24-11-4-9-21-24/h3-6,9,11-12,16,18H,2,7-8,10,13-14H2,1H3/t16-,18+/m1/s1. The normalized spacial score (nSPS) is 22.6. The van der Waals surface area contributed by atoms with Crippen molar-refractivity contribution in [1.29, 1.82) is 0 Å². The average molecular weight is 352 g/mol. The number of carbonyl (C=O) groups is 2. The molecule has 6 heteroatoms. The molecule has 3 fully saturated rings. The van der Waals surface area contributed by atoms with E-state index in [-0.39, 0.29) is 23.8 Å². The predicted octanol–water partition coefficient (Wildman–Crippen LogP) is 2.35. The first-order valence-corrected chi connectivity index (χ1v) is 9.37. The molecule has 2 atom stereocenters. The molecule has 3 saturated heterocycles. The first-order valence-electron chi connectivity index (χ1n) is 9.37. The molecule has 3 aliphatic rings. The van der Waals surface area contributed by atoms with Crippen molar-refractivity contribution in [1.82, 2.24) is 19.6 Å². The minimum Gasteiger partial charge on any atom is -0.338 e. The van der Waals surface area contributed by atoms with Crippen LogP contribution in [0.2, 0.25) is 0 Å². The van der Waals surface area contributed by atoms with Gasteiger partial charge in [-0.25, -0.2) is 4.68 Å². The second-order valence-corrected chi connectivity index (χ2v) is 7.17. The van der Waals surface area contributed by atoms with Gasteiger partial charge < -0.3 is 9.80 Å². The zero-order valence-corrected chi connectivity index (χ0v) is 15.0. The summed E-state index contributed by atoms with van der Waals surface area (Å²) in [6.45, 7) is 4.04. The van der Waals surface area contributed by atoms with Crippen molar-refractivity contribution in [2.24, 2.45) is 5.92 Å². The van der Waals surface area contributed by atoms with Crippen LogP contribution in [0, 0.1) is 5.92 Å². The Morgan fingerprint density at radius 3 is 2.88 bits per heavy atom. The number of nitrogens with zero attached hydrogens (tertiary/aromatic N) is 4. The fourth-order valence-electron chi connectivity index (χ4n) is 4.13. The van der Waals surface area contributed by atoms with Gasteiger partial charge in [0.15, 0.2) is 0 Å². The van der Waals surface area contributed by atoms with Crippen molar-refractivity contribution in [2.75, 3.05) is 19.6 Å². The Balaban J connectivity index is 1.57. The van der Waals surface area contributed by atoms with Gasteiger partial charge in [0, 0.05) is 43.6 Å². The number of piperidine rings is 1. The van der Waals surface area contributed by atoms with Gasteiger partial charge in [-0.3, -0.25) is 9.59 Å². The average Bonchev–Trinajstić information content (AvgIpc) is 3.07. The fraction of sp³-hybridized carbons (Fsp3) is 0.450. The maximum absolute atomic E-state index is 13.1. The minimum atomic E-state index is -0.0569. The van der Waals surface area contributed by atoms with Gasteiger partial charge in [0.2, 0.25) is 5.91 Å². The second kappa shape index (κ2) is 6.94. The highest BCUT2D eigenvalue weighted by molar-refractivity contribution is 5.95. The van der Waals surface area contributed by atoms with Gasteiger partial charge in [-0.2, -0.15) is 5.10 Å². The van der Waals surface area contributed by atoms with E-state index in [9.17, 15) is 9.59 Å². The van der Waals surface area contributed by atoms with E-state index in [1.807, 2.05) is 46.3 Å². The molecule has 2 amide bonds. The molecule has 5 rings (SSSR count). The van der Waals surface area contributed by atoms with Crippen LogP contribution in [0.3, 0.4) is 0 Å². The van der Waals surface area contributed by atoms with E-state index >= 15 is 0 Å². The Morgan fingerprint density at radius 2 is 2.12 bits per heavy atom. The summed E-state index contributed by atoms with van der Waals surface area (Å²) in [5.74, 6) is 0.171. The monoisotopic (exact) mass is 352 g/mol. The van der Waals surface area contributed by atoms with Crippen LogP contribution < -0.4 is 0 Å². The molecule has 0 unspecified atom stereocenters. The molecule has 3 aliphatic heterocycles. The Kier molecular flexibility index (Phi) is 4.49. The van der Waals surface area contributed by atoms with Crippen LogP contribution in [-0.4, -0.2) is 57.1 Å². The number of hydrogen-bond acceptors (Lipinski definition) is 3. The van der Waals surface area contributed by atoms with Crippen LogP contribution in [-0.2, 0) is 4.79 Å². The smallest absolute Gasteiger partial charge is 0.254 e. The molecule has 26 heavy (non-hydrogen) atoms. The number of amides is 2. The Labute approximate surface area is 153 Å². The van der Waals surface area contributed by atoms with E-state index in [0.717, 1.165) is 31.5 Å². The summed E-state index contributed by atoms with van der Waals surface area (Å²) in [6, 6.07) is 9.53. The van der Waals surface area contributed by atoms with Crippen LogP contribution in [0.1, 0.15) is 36.5 Å². The molecule has 6 nitrogen and oxygen atoms in total. The molecule has 2 bridgehead atoms. The molecule has 1 aromatic carbocycles. The van der Waals surface area contributed by atoms with E-state index in [1.165, 1.54) is 0 Å². The fourth-order valence-corrected chi connectivity index (χ4v) is 4.13. The predicted molar refractivity (Wildman–Crippen MR) is 98.0 cm³/mol. The Hall–Kier alpha value is -2.63. The summed E-state index contributed by atoms with van der Waals surface area (Å²) in [4.78, 5) is 29.7. The summed E-state index contributed by atoms with van der Waals surface area (Å²) in [7, 11) is 0. The quantitative estimate of drug-likeness (QED) is 0.849. The molecular formula is C20H24N4O2.